The summed E-state index contributed by atoms with van der Waals surface area (Å²) in [6, 6.07) is 9.55. The molecule has 0 amide bonds. The second kappa shape index (κ2) is 5.68. The number of ether oxygens (including phenoxy) is 1. The lowest BCUT2D eigenvalue weighted by Crippen LogP contribution is -2.35. The van der Waals surface area contributed by atoms with Crippen molar-refractivity contribution in [3.63, 3.8) is 0 Å². The van der Waals surface area contributed by atoms with Gasteiger partial charge in [-0.15, -0.1) is 21.5 Å². The van der Waals surface area contributed by atoms with Crippen LogP contribution in [-0.2, 0) is 0 Å². The van der Waals surface area contributed by atoms with Gasteiger partial charge in [0.15, 0.2) is 10.8 Å². The van der Waals surface area contributed by atoms with E-state index in [1.54, 1.807) is 11.3 Å². The zero-order chi connectivity index (χ0) is 16.7. The van der Waals surface area contributed by atoms with E-state index in [1.807, 2.05) is 49.6 Å². The smallest absolute Gasteiger partial charge is 0.210 e. The summed E-state index contributed by atoms with van der Waals surface area (Å²) in [6.45, 7) is 3.85. The number of carbonyl (C=O) groups excluding carboxylic acids is 1. The number of rotatable bonds is 3. The van der Waals surface area contributed by atoms with Gasteiger partial charge in [0.1, 0.15) is 11.4 Å². The Kier molecular flexibility index (Phi) is 3.62. The van der Waals surface area contributed by atoms with Crippen molar-refractivity contribution in [3.8, 4) is 15.6 Å². The first-order valence-electron chi connectivity index (χ1n) is 7.51. The van der Waals surface area contributed by atoms with Crippen molar-refractivity contribution in [2.45, 2.75) is 25.9 Å². The standard InChI is InChI=1S/C17H15N3O2S2/c1-17(2)9-12(21)11-8-10(5-6-13(11)22-17)18-16-20-19-15(24-16)14-4-3-7-23-14/h3-8H,9H2,1-2H3,(H,18,20). The fraction of sp³-hybridized carbons (Fsp3) is 0.235. The van der Waals surface area contributed by atoms with Crippen molar-refractivity contribution in [3.05, 3.63) is 41.3 Å². The molecule has 0 fully saturated rings. The number of aromatic nitrogens is 2. The summed E-state index contributed by atoms with van der Waals surface area (Å²) in [5.74, 6) is 0.736. The molecule has 24 heavy (non-hydrogen) atoms. The first kappa shape index (κ1) is 15.3. The van der Waals surface area contributed by atoms with Gasteiger partial charge < -0.3 is 10.1 Å². The fourth-order valence-corrected chi connectivity index (χ4v) is 4.18. The Balaban J connectivity index is 1.58. The molecule has 0 saturated heterocycles. The molecule has 1 aliphatic heterocycles. The molecule has 0 unspecified atom stereocenters. The monoisotopic (exact) mass is 357 g/mol. The number of nitrogens with one attached hydrogen (secondary N) is 1. The molecule has 0 aliphatic carbocycles. The van der Waals surface area contributed by atoms with Crippen LogP contribution >= 0.6 is 22.7 Å². The highest BCUT2D eigenvalue weighted by atomic mass is 32.1. The SMILES string of the molecule is CC1(C)CC(=O)c2cc(Nc3nnc(-c4cccs4)s3)ccc2O1. The third kappa shape index (κ3) is 2.92. The third-order valence-electron chi connectivity index (χ3n) is 3.66. The van der Waals surface area contributed by atoms with Crippen LogP contribution in [0, 0.1) is 0 Å². The average molecular weight is 357 g/mol. The first-order valence-corrected chi connectivity index (χ1v) is 9.20. The van der Waals surface area contributed by atoms with Crippen molar-refractivity contribution < 1.29 is 9.53 Å². The van der Waals surface area contributed by atoms with Crippen molar-refractivity contribution in [2.75, 3.05) is 5.32 Å². The molecule has 2 aromatic heterocycles. The van der Waals surface area contributed by atoms with Gasteiger partial charge in [0.05, 0.1) is 16.9 Å². The minimum Gasteiger partial charge on any atom is -0.487 e. The summed E-state index contributed by atoms with van der Waals surface area (Å²) in [7, 11) is 0. The van der Waals surface area contributed by atoms with Gasteiger partial charge in [-0.2, -0.15) is 0 Å². The van der Waals surface area contributed by atoms with Crippen LogP contribution in [0.2, 0.25) is 0 Å². The molecule has 4 rings (SSSR count). The molecule has 3 heterocycles. The van der Waals surface area contributed by atoms with E-state index >= 15 is 0 Å². The van der Waals surface area contributed by atoms with Crippen LogP contribution in [0.1, 0.15) is 30.6 Å². The maximum atomic E-state index is 12.3. The average Bonchev–Trinajstić information content (AvgIpc) is 3.18. The van der Waals surface area contributed by atoms with E-state index in [2.05, 4.69) is 15.5 Å². The molecule has 1 aromatic carbocycles. The van der Waals surface area contributed by atoms with Gasteiger partial charge in [0.25, 0.3) is 0 Å². The van der Waals surface area contributed by atoms with E-state index in [-0.39, 0.29) is 5.78 Å². The summed E-state index contributed by atoms with van der Waals surface area (Å²) in [6.07, 6.45) is 0.380. The van der Waals surface area contributed by atoms with Gasteiger partial charge in [-0.25, -0.2) is 0 Å². The van der Waals surface area contributed by atoms with Crippen LogP contribution in [0.3, 0.4) is 0 Å². The summed E-state index contributed by atoms with van der Waals surface area (Å²) < 4.78 is 5.88. The van der Waals surface area contributed by atoms with Crippen molar-refractivity contribution in [1.29, 1.82) is 0 Å². The van der Waals surface area contributed by atoms with Crippen LogP contribution < -0.4 is 10.1 Å². The maximum absolute atomic E-state index is 12.3. The predicted octanol–water partition coefficient (Wildman–Crippen LogP) is 4.75. The normalized spacial score (nSPS) is 15.7. The number of nitrogens with zero attached hydrogens (tertiary/aromatic N) is 2. The van der Waals surface area contributed by atoms with Crippen LogP contribution in [0.25, 0.3) is 9.88 Å². The van der Waals surface area contributed by atoms with Gasteiger partial charge in [0.2, 0.25) is 5.13 Å². The van der Waals surface area contributed by atoms with E-state index in [4.69, 9.17) is 4.74 Å². The predicted molar refractivity (Wildman–Crippen MR) is 96.6 cm³/mol. The van der Waals surface area contributed by atoms with Crippen LogP contribution in [0.5, 0.6) is 5.75 Å². The second-order valence-corrected chi connectivity index (χ2v) is 8.11. The van der Waals surface area contributed by atoms with E-state index in [9.17, 15) is 4.79 Å². The zero-order valence-electron chi connectivity index (χ0n) is 13.2. The number of ketones is 1. The number of fused-ring (bicyclic) bond motifs is 1. The van der Waals surface area contributed by atoms with Crippen LogP contribution in [0.4, 0.5) is 10.8 Å². The van der Waals surface area contributed by atoms with Gasteiger partial charge in [0, 0.05) is 5.69 Å². The highest BCUT2D eigenvalue weighted by Gasteiger charge is 2.32. The Morgan fingerprint density at radius 2 is 2.12 bits per heavy atom. The Bertz CT molecular complexity index is 900. The lowest BCUT2D eigenvalue weighted by Gasteiger charge is -2.31. The van der Waals surface area contributed by atoms with E-state index in [1.165, 1.54) is 11.3 Å². The molecule has 0 spiro atoms. The molecular formula is C17H15N3O2S2. The van der Waals surface area contributed by atoms with E-state index < -0.39 is 5.60 Å². The molecule has 7 heteroatoms. The number of hydrogen-bond acceptors (Lipinski definition) is 7. The van der Waals surface area contributed by atoms with E-state index in [0.717, 1.165) is 15.6 Å². The Hall–Kier alpha value is -2.25. The number of thiophene rings is 1. The highest BCUT2D eigenvalue weighted by molar-refractivity contribution is 7.22. The first-order chi connectivity index (χ1) is 11.5. The molecule has 0 radical (unpaired) electrons. The van der Waals surface area contributed by atoms with Gasteiger partial charge in [-0.1, -0.05) is 17.4 Å². The molecule has 122 valence electrons. The number of hydrogen-bond donors (Lipinski definition) is 1. The lowest BCUT2D eigenvalue weighted by molar-refractivity contribution is 0.0620. The minimum atomic E-state index is -0.451. The van der Waals surface area contributed by atoms with Crippen molar-refractivity contribution in [1.82, 2.24) is 10.2 Å². The quantitative estimate of drug-likeness (QED) is 0.732. The maximum Gasteiger partial charge on any atom is 0.210 e. The molecule has 5 nitrogen and oxygen atoms in total. The van der Waals surface area contributed by atoms with E-state index in [0.29, 0.717) is 22.9 Å². The van der Waals surface area contributed by atoms with Gasteiger partial charge in [-0.3, -0.25) is 4.79 Å². The largest absolute Gasteiger partial charge is 0.487 e. The van der Waals surface area contributed by atoms with Gasteiger partial charge in [-0.05, 0) is 43.5 Å². The fourth-order valence-electron chi connectivity index (χ4n) is 2.63. The number of Topliss-reactive ketones (excluding diaryl/α,β-unsaturated/α-hetero) is 1. The number of benzene rings is 1. The summed E-state index contributed by atoms with van der Waals surface area (Å²) in [4.78, 5) is 13.4. The topological polar surface area (TPSA) is 64.1 Å². The third-order valence-corrected chi connectivity index (χ3v) is 5.54. The Labute approximate surface area is 147 Å². The number of carbonyl (C=O) groups is 1. The minimum absolute atomic E-state index is 0.0986. The molecule has 0 bridgehead atoms. The molecule has 1 aliphatic rings. The van der Waals surface area contributed by atoms with Gasteiger partial charge >= 0.3 is 0 Å². The molecule has 0 saturated carbocycles. The highest BCUT2D eigenvalue weighted by Crippen LogP contribution is 2.36. The Morgan fingerprint density at radius 3 is 2.92 bits per heavy atom. The van der Waals surface area contributed by atoms with Crippen molar-refractivity contribution in [2.24, 2.45) is 0 Å². The lowest BCUT2D eigenvalue weighted by atomic mass is 9.93. The second-order valence-electron chi connectivity index (χ2n) is 6.19. The number of anilines is 2. The summed E-state index contributed by atoms with van der Waals surface area (Å²) >= 11 is 3.12. The van der Waals surface area contributed by atoms with Crippen LogP contribution in [-0.4, -0.2) is 21.6 Å². The van der Waals surface area contributed by atoms with Crippen molar-refractivity contribution >= 4 is 39.3 Å². The summed E-state index contributed by atoms with van der Waals surface area (Å²) in [5.41, 5.74) is 0.968. The molecule has 0 atom stereocenters. The zero-order valence-corrected chi connectivity index (χ0v) is 14.8. The molecular weight excluding hydrogens is 342 g/mol. The summed E-state index contributed by atoms with van der Waals surface area (Å²) in [5, 5.41) is 15.2. The Morgan fingerprint density at radius 1 is 1.25 bits per heavy atom. The molecule has 1 N–H and O–H groups in total. The molecule has 3 aromatic rings. The van der Waals surface area contributed by atoms with Crippen LogP contribution in [0.15, 0.2) is 35.7 Å².